The van der Waals surface area contributed by atoms with E-state index in [0.29, 0.717) is 0 Å². The van der Waals surface area contributed by atoms with Gasteiger partial charge in [-0.05, 0) is 130 Å². The van der Waals surface area contributed by atoms with Crippen LogP contribution >= 0.6 is 0 Å². The van der Waals surface area contributed by atoms with Gasteiger partial charge in [0, 0.05) is 27.2 Å². The SMILES string of the molecule is Bc1c(B)c(B)c(-c2c3ccccc3c(-c3cccc4oc5cc(-c6c7ccccc7c(-c7ccc(-n8c9ccccc9c9ccccc98)cc7)c7ccccc67)ccc5c34)c3ccccc23)c(B)c1B. The van der Waals surface area contributed by atoms with Gasteiger partial charge in [0.2, 0.25) is 0 Å². The molecule has 14 aromatic rings. The molecular weight excluding hydrogens is 853 g/mol. The van der Waals surface area contributed by atoms with Crippen LogP contribution < -0.4 is 27.3 Å². The van der Waals surface area contributed by atoms with E-state index in [2.05, 4.69) is 250 Å². The quantitative estimate of drug-likeness (QED) is 0.125. The number of furan rings is 1. The van der Waals surface area contributed by atoms with Gasteiger partial charge in [-0.1, -0.05) is 175 Å². The Bertz CT molecular complexity index is 4390. The summed E-state index contributed by atoms with van der Waals surface area (Å²) in [5.74, 6) is 0. The van der Waals surface area contributed by atoms with Gasteiger partial charge in [-0.15, -0.1) is 16.4 Å². The number of hydrogen-bond donors (Lipinski definition) is 0. The van der Waals surface area contributed by atoms with Crippen LogP contribution in [0.3, 0.4) is 0 Å². The summed E-state index contributed by atoms with van der Waals surface area (Å²) in [6.45, 7) is 0. The molecule has 0 saturated heterocycles. The molecule has 0 bridgehead atoms. The lowest BCUT2D eigenvalue weighted by molar-refractivity contribution is 0.669. The van der Waals surface area contributed by atoms with Gasteiger partial charge < -0.3 is 8.98 Å². The lowest BCUT2D eigenvalue weighted by Gasteiger charge is -2.24. The number of para-hydroxylation sites is 2. The Morgan fingerprint density at radius 2 is 0.690 bits per heavy atom. The van der Waals surface area contributed by atoms with Gasteiger partial charge in [-0.3, -0.25) is 0 Å². The summed E-state index contributed by atoms with van der Waals surface area (Å²) in [5.41, 5.74) is 22.0. The van der Waals surface area contributed by atoms with E-state index in [1.165, 1.54) is 131 Å². The van der Waals surface area contributed by atoms with Gasteiger partial charge >= 0.3 is 0 Å². The van der Waals surface area contributed by atoms with Crippen molar-refractivity contribution in [1.29, 1.82) is 0 Å². The highest BCUT2D eigenvalue weighted by Crippen LogP contribution is 2.49. The smallest absolute Gasteiger partial charge is 0.139 e. The first-order chi connectivity index (χ1) is 34.9. The molecule has 12 aromatic carbocycles. The van der Waals surface area contributed by atoms with Crippen molar-refractivity contribution in [1.82, 2.24) is 4.57 Å². The zero-order valence-electron chi connectivity index (χ0n) is 40.5. The van der Waals surface area contributed by atoms with E-state index in [4.69, 9.17) is 4.42 Å². The molecular formula is C64H44B5NO. The van der Waals surface area contributed by atoms with Gasteiger partial charge in [0.25, 0.3) is 0 Å². The molecule has 71 heavy (non-hydrogen) atoms. The zero-order chi connectivity index (χ0) is 47.6. The molecule has 0 amide bonds. The molecule has 2 heterocycles. The predicted molar refractivity (Wildman–Crippen MR) is 321 cm³/mol. The van der Waals surface area contributed by atoms with Crippen molar-refractivity contribution in [2.24, 2.45) is 0 Å². The second-order valence-electron chi connectivity index (χ2n) is 19.6. The standard InChI is InChI=1S/C64H44B5NO/c65-60-59(61(66)63(68)64(69)62(60)67)58-46-22-7-5-20-44(46)56(45-21-6-8-23-47(45)58)49-24-13-27-52-57(49)48-33-30-36(34-53(48)71-52)55-42-18-3-1-16-40(42)54(41-17-2-4-19-43(41)55)35-28-31-37(32-29-35)70-50-25-11-9-14-38(50)39-15-10-12-26-51(39)70/h1-34H,65-69H2. The van der Waals surface area contributed by atoms with E-state index in [9.17, 15) is 0 Å². The molecule has 14 rings (SSSR count). The molecule has 0 aliphatic rings. The van der Waals surface area contributed by atoms with E-state index in [-0.39, 0.29) is 0 Å². The van der Waals surface area contributed by atoms with Crippen LogP contribution in [0, 0.1) is 0 Å². The number of hydrogen-bond acceptors (Lipinski definition) is 1. The molecule has 7 heteroatoms. The highest BCUT2D eigenvalue weighted by molar-refractivity contribution is 6.69. The minimum absolute atomic E-state index is 0.880. The maximum atomic E-state index is 6.97. The summed E-state index contributed by atoms with van der Waals surface area (Å²) in [6.07, 6.45) is 0. The summed E-state index contributed by atoms with van der Waals surface area (Å²) >= 11 is 0. The van der Waals surface area contributed by atoms with Crippen LogP contribution in [0.5, 0.6) is 0 Å². The average Bonchev–Trinajstić information content (AvgIpc) is 3.97. The van der Waals surface area contributed by atoms with Crippen LogP contribution in [0.2, 0.25) is 0 Å². The van der Waals surface area contributed by atoms with Crippen molar-refractivity contribution >= 4 is 153 Å². The predicted octanol–water partition coefficient (Wildman–Crippen LogP) is 9.26. The third-order valence-corrected chi connectivity index (χ3v) is 16.2. The second-order valence-corrected chi connectivity index (χ2v) is 19.6. The highest BCUT2D eigenvalue weighted by atomic mass is 16.3. The Balaban J connectivity index is 0.946. The first kappa shape index (κ1) is 41.6. The molecule has 0 atom stereocenters. The number of nitrogens with zero attached hydrogens (tertiary/aromatic N) is 1. The first-order valence-electron chi connectivity index (χ1n) is 24.8. The first-order valence-corrected chi connectivity index (χ1v) is 24.8. The summed E-state index contributed by atoms with van der Waals surface area (Å²) in [5, 5.41) is 14.7. The van der Waals surface area contributed by atoms with Crippen molar-refractivity contribution < 1.29 is 4.42 Å². The Kier molecular flexibility index (Phi) is 9.26. The molecule has 2 aromatic heterocycles. The van der Waals surface area contributed by atoms with Gasteiger partial charge in [-0.25, -0.2) is 0 Å². The number of fused-ring (bicyclic) bond motifs is 10. The fraction of sp³-hybridized carbons (Fsp3) is 0. The van der Waals surface area contributed by atoms with E-state index in [1.54, 1.807) is 0 Å². The van der Waals surface area contributed by atoms with E-state index >= 15 is 0 Å². The average molecular weight is 897 g/mol. The largest absolute Gasteiger partial charge is 0.456 e. The zero-order valence-corrected chi connectivity index (χ0v) is 40.5. The molecule has 0 spiro atoms. The Labute approximate surface area is 416 Å². The van der Waals surface area contributed by atoms with Crippen LogP contribution in [0.15, 0.2) is 211 Å². The van der Waals surface area contributed by atoms with Crippen molar-refractivity contribution in [2.45, 2.75) is 0 Å². The number of aromatic nitrogens is 1. The highest BCUT2D eigenvalue weighted by Gasteiger charge is 2.24. The second kappa shape index (κ2) is 15.8. The minimum Gasteiger partial charge on any atom is -0.456 e. The molecule has 0 aliphatic carbocycles. The maximum absolute atomic E-state index is 6.97. The summed E-state index contributed by atoms with van der Waals surface area (Å²) in [6, 6.07) is 76.0. The maximum Gasteiger partial charge on any atom is 0.139 e. The summed E-state index contributed by atoms with van der Waals surface area (Å²) < 4.78 is 9.36. The molecule has 0 saturated carbocycles. The Morgan fingerprint density at radius 1 is 0.282 bits per heavy atom. The van der Waals surface area contributed by atoms with Crippen molar-refractivity contribution in [2.75, 3.05) is 0 Å². The monoisotopic (exact) mass is 897 g/mol. The lowest BCUT2D eigenvalue weighted by atomic mass is 9.59. The van der Waals surface area contributed by atoms with E-state index in [1.807, 2.05) is 0 Å². The third kappa shape index (κ3) is 6.02. The van der Waals surface area contributed by atoms with E-state index in [0.717, 1.165) is 33.2 Å². The topological polar surface area (TPSA) is 18.1 Å². The molecule has 0 fully saturated rings. The van der Waals surface area contributed by atoms with Crippen molar-refractivity contribution in [3.8, 4) is 50.2 Å². The van der Waals surface area contributed by atoms with Gasteiger partial charge in [0.15, 0.2) is 0 Å². The van der Waals surface area contributed by atoms with Crippen molar-refractivity contribution in [3.63, 3.8) is 0 Å². The fourth-order valence-corrected chi connectivity index (χ4v) is 12.5. The van der Waals surface area contributed by atoms with Gasteiger partial charge in [0.1, 0.15) is 50.4 Å². The Hall–Kier alpha value is -8.40. The van der Waals surface area contributed by atoms with Crippen LogP contribution in [-0.4, -0.2) is 43.8 Å². The summed E-state index contributed by atoms with van der Waals surface area (Å²) in [7, 11) is 11.4. The number of benzene rings is 12. The molecule has 0 N–H and O–H groups in total. The van der Waals surface area contributed by atoms with Crippen molar-refractivity contribution in [3.05, 3.63) is 206 Å². The molecule has 326 valence electrons. The molecule has 0 radical (unpaired) electrons. The number of rotatable bonds is 5. The van der Waals surface area contributed by atoms with Gasteiger partial charge in [-0.2, -0.15) is 0 Å². The normalized spacial score (nSPS) is 11.9. The van der Waals surface area contributed by atoms with Crippen LogP contribution in [0.1, 0.15) is 0 Å². The molecule has 2 nitrogen and oxygen atoms in total. The fourth-order valence-electron chi connectivity index (χ4n) is 12.5. The molecule has 0 aliphatic heterocycles. The lowest BCUT2D eigenvalue weighted by Crippen LogP contribution is -2.55. The Morgan fingerprint density at radius 3 is 1.20 bits per heavy atom. The van der Waals surface area contributed by atoms with Gasteiger partial charge in [0.05, 0.1) is 11.0 Å². The minimum atomic E-state index is 0.880. The van der Waals surface area contributed by atoms with Crippen LogP contribution in [0.4, 0.5) is 0 Å². The van der Waals surface area contributed by atoms with E-state index < -0.39 is 0 Å². The summed E-state index contributed by atoms with van der Waals surface area (Å²) in [4.78, 5) is 0. The van der Waals surface area contributed by atoms with Crippen LogP contribution in [-0.2, 0) is 0 Å². The molecule has 0 unspecified atom stereocenters. The third-order valence-electron chi connectivity index (χ3n) is 16.2. The van der Waals surface area contributed by atoms with Crippen LogP contribution in [0.25, 0.3) is 137 Å².